The number of nitrogens with two attached hydrogens (primary N) is 1. The summed E-state index contributed by atoms with van der Waals surface area (Å²) in [5, 5.41) is 29.6. The van der Waals surface area contributed by atoms with Gasteiger partial charge in [-0.3, -0.25) is 0 Å². The second-order valence-corrected chi connectivity index (χ2v) is 6.56. The maximum absolute atomic E-state index is 10.4. The van der Waals surface area contributed by atoms with Crippen molar-refractivity contribution in [2.45, 2.75) is 32.3 Å². The topological polar surface area (TPSA) is 95.9 Å². The van der Waals surface area contributed by atoms with E-state index in [-0.39, 0.29) is 25.7 Å². The van der Waals surface area contributed by atoms with Gasteiger partial charge in [0.2, 0.25) is 0 Å². The summed E-state index contributed by atoms with van der Waals surface area (Å²) in [4.78, 5) is 0. The van der Waals surface area contributed by atoms with Crippen LogP contribution in [0.2, 0.25) is 5.02 Å². The Bertz CT molecular complexity index is 695. The number of benzene rings is 2. The first-order chi connectivity index (χ1) is 12.0. The van der Waals surface area contributed by atoms with E-state index in [9.17, 15) is 10.2 Å². The van der Waals surface area contributed by atoms with E-state index in [1.165, 1.54) is 0 Å². The van der Waals surface area contributed by atoms with Gasteiger partial charge in [-0.05, 0) is 35.4 Å². The third-order valence-corrected chi connectivity index (χ3v) is 4.43. The monoisotopic (exact) mass is 365 g/mol. The summed E-state index contributed by atoms with van der Waals surface area (Å²) in [5.41, 5.74) is 8.14. The van der Waals surface area contributed by atoms with Crippen molar-refractivity contribution in [2.24, 2.45) is 11.7 Å². The first-order valence-corrected chi connectivity index (χ1v) is 8.49. The summed E-state index contributed by atoms with van der Waals surface area (Å²) < 4.78 is 5.76. The van der Waals surface area contributed by atoms with E-state index in [1.54, 1.807) is 42.5 Å². The minimum Gasteiger partial charge on any atom is -0.493 e. The lowest BCUT2D eigenvalue weighted by Crippen LogP contribution is -2.37. The van der Waals surface area contributed by atoms with Crippen molar-refractivity contribution in [3.8, 4) is 5.75 Å². The molecule has 3 atom stereocenters. The van der Waals surface area contributed by atoms with Gasteiger partial charge < -0.3 is 25.8 Å². The highest BCUT2D eigenvalue weighted by molar-refractivity contribution is 6.30. The van der Waals surface area contributed by atoms with Crippen LogP contribution in [-0.4, -0.2) is 28.0 Å². The van der Waals surface area contributed by atoms with Crippen molar-refractivity contribution < 1.29 is 20.1 Å². The number of ether oxygens (including phenoxy) is 1. The standard InChI is InChI=1S/C19H24ClNO4/c1-12(18(21)19(24)14-3-2-4-16(20)8-14)11-25-17-6-5-13(9-22)7-15(17)10-23/h2-8,12,18-19,22-24H,9-11,21H2,1H3. The largest absolute Gasteiger partial charge is 0.493 e. The van der Waals surface area contributed by atoms with E-state index >= 15 is 0 Å². The number of hydrogen-bond donors (Lipinski definition) is 4. The van der Waals surface area contributed by atoms with Gasteiger partial charge in [0, 0.05) is 22.5 Å². The molecule has 0 heterocycles. The molecule has 0 bridgehead atoms. The molecule has 2 rings (SSSR count). The van der Waals surface area contributed by atoms with Crippen molar-refractivity contribution in [1.82, 2.24) is 0 Å². The van der Waals surface area contributed by atoms with E-state index in [2.05, 4.69) is 0 Å². The van der Waals surface area contributed by atoms with Crippen LogP contribution >= 0.6 is 11.6 Å². The van der Waals surface area contributed by atoms with Gasteiger partial charge in [0.05, 0.1) is 25.9 Å². The molecule has 3 unspecified atom stereocenters. The third-order valence-electron chi connectivity index (χ3n) is 4.19. The SMILES string of the molecule is CC(COc1ccc(CO)cc1CO)C(N)C(O)c1cccc(Cl)c1. The Morgan fingerprint density at radius 3 is 2.52 bits per heavy atom. The molecule has 0 aliphatic rings. The fourth-order valence-corrected chi connectivity index (χ4v) is 2.75. The Balaban J connectivity index is 2.00. The van der Waals surface area contributed by atoms with Gasteiger partial charge in [-0.2, -0.15) is 0 Å². The zero-order valence-electron chi connectivity index (χ0n) is 14.1. The lowest BCUT2D eigenvalue weighted by atomic mass is 9.93. The minimum absolute atomic E-state index is 0.0968. The molecule has 136 valence electrons. The number of rotatable bonds is 8. The Morgan fingerprint density at radius 2 is 1.88 bits per heavy atom. The number of halogens is 1. The van der Waals surface area contributed by atoms with Gasteiger partial charge in [0.1, 0.15) is 5.75 Å². The molecule has 25 heavy (non-hydrogen) atoms. The molecule has 0 radical (unpaired) electrons. The van der Waals surface area contributed by atoms with Crippen molar-refractivity contribution in [3.63, 3.8) is 0 Å². The van der Waals surface area contributed by atoms with E-state index < -0.39 is 12.1 Å². The van der Waals surface area contributed by atoms with Crippen LogP contribution in [0.25, 0.3) is 0 Å². The Morgan fingerprint density at radius 1 is 1.12 bits per heavy atom. The van der Waals surface area contributed by atoms with Gasteiger partial charge in [0.15, 0.2) is 0 Å². The molecule has 6 heteroatoms. The van der Waals surface area contributed by atoms with Gasteiger partial charge in [-0.15, -0.1) is 0 Å². The van der Waals surface area contributed by atoms with Crippen LogP contribution in [0.4, 0.5) is 0 Å². The van der Waals surface area contributed by atoms with E-state index in [0.29, 0.717) is 27.5 Å². The highest BCUT2D eigenvalue weighted by Gasteiger charge is 2.24. The maximum atomic E-state index is 10.4. The second-order valence-electron chi connectivity index (χ2n) is 6.12. The Hall–Kier alpha value is -1.63. The summed E-state index contributed by atoms with van der Waals surface area (Å²) in [5.74, 6) is 0.397. The molecule has 0 aliphatic carbocycles. The fourth-order valence-electron chi connectivity index (χ4n) is 2.55. The zero-order chi connectivity index (χ0) is 18.4. The molecule has 5 nitrogen and oxygen atoms in total. The molecule has 0 spiro atoms. The lowest BCUT2D eigenvalue weighted by molar-refractivity contribution is 0.102. The molecule has 2 aromatic rings. The number of aliphatic hydroxyl groups is 3. The molecular weight excluding hydrogens is 342 g/mol. The summed E-state index contributed by atoms with van der Waals surface area (Å²) >= 11 is 5.95. The summed E-state index contributed by atoms with van der Waals surface area (Å²) in [6, 6.07) is 11.6. The van der Waals surface area contributed by atoms with Gasteiger partial charge in [0.25, 0.3) is 0 Å². The molecular formula is C19H24ClNO4. The van der Waals surface area contributed by atoms with Crippen LogP contribution in [-0.2, 0) is 13.2 Å². The highest BCUT2D eigenvalue weighted by Crippen LogP contribution is 2.25. The molecule has 0 aliphatic heterocycles. The smallest absolute Gasteiger partial charge is 0.124 e. The van der Waals surface area contributed by atoms with Crippen molar-refractivity contribution in [2.75, 3.05) is 6.61 Å². The molecule has 0 saturated carbocycles. The number of aliphatic hydroxyl groups excluding tert-OH is 3. The van der Waals surface area contributed by atoms with E-state index in [4.69, 9.17) is 27.2 Å². The molecule has 0 saturated heterocycles. The van der Waals surface area contributed by atoms with Gasteiger partial charge in [-0.1, -0.05) is 36.7 Å². The van der Waals surface area contributed by atoms with E-state index in [0.717, 1.165) is 0 Å². The first kappa shape index (κ1) is 19.7. The normalized spacial score (nSPS) is 14.8. The average molecular weight is 366 g/mol. The van der Waals surface area contributed by atoms with Crippen molar-refractivity contribution in [1.29, 1.82) is 0 Å². The van der Waals surface area contributed by atoms with Crippen LogP contribution in [0.15, 0.2) is 42.5 Å². The average Bonchev–Trinajstić information content (AvgIpc) is 2.64. The van der Waals surface area contributed by atoms with Crippen LogP contribution in [0.3, 0.4) is 0 Å². The van der Waals surface area contributed by atoms with E-state index in [1.807, 2.05) is 6.92 Å². The highest BCUT2D eigenvalue weighted by atomic mass is 35.5. The van der Waals surface area contributed by atoms with Crippen molar-refractivity contribution >= 4 is 11.6 Å². The van der Waals surface area contributed by atoms with Gasteiger partial charge in [-0.25, -0.2) is 0 Å². The first-order valence-electron chi connectivity index (χ1n) is 8.11. The van der Waals surface area contributed by atoms with Crippen molar-refractivity contribution in [3.05, 3.63) is 64.2 Å². The third kappa shape index (κ3) is 5.17. The predicted molar refractivity (Wildman–Crippen MR) is 97.3 cm³/mol. The Kier molecular flexibility index (Phi) is 7.23. The molecule has 0 fully saturated rings. The molecule has 2 aromatic carbocycles. The van der Waals surface area contributed by atoms with Crippen LogP contribution < -0.4 is 10.5 Å². The summed E-state index contributed by atoms with van der Waals surface area (Å²) in [6.07, 6.45) is -0.855. The molecule has 0 aromatic heterocycles. The zero-order valence-corrected chi connectivity index (χ0v) is 14.9. The van der Waals surface area contributed by atoms with Crippen LogP contribution in [0.5, 0.6) is 5.75 Å². The minimum atomic E-state index is -0.855. The Labute approximate surface area is 152 Å². The van der Waals surface area contributed by atoms with Crippen LogP contribution in [0.1, 0.15) is 29.7 Å². The maximum Gasteiger partial charge on any atom is 0.124 e. The lowest BCUT2D eigenvalue weighted by Gasteiger charge is -2.26. The van der Waals surface area contributed by atoms with Crippen LogP contribution in [0, 0.1) is 5.92 Å². The predicted octanol–water partition coefficient (Wildman–Crippen LogP) is 2.40. The molecule has 5 N–H and O–H groups in total. The second kappa shape index (κ2) is 9.17. The summed E-state index contributed by atoms with van der Waals surface area (Å²) in [7, 11) is 0. The number of hydrogen-bond acceptors (Lipinski definition) is 5. The summed E-state index contributed by atoms with van der Waals surface area (Å²) in [6.45, 7) is 1.89. The fraction of sp³-hybridized carbons (Fsp3) is 0.368. The quantitative estimate of drug-likeness (QED) is 0.576. The van der Waals surface area contributed by atoms with Gasteiger partial charge >= 0.3 is 0 Å². The molecule has 0 amide bonds.